The number of hydrogen-bond donors (Lipinski definition) is 1. The smallest absolute Gasteiger partial charge is 0.150 e. The van der Waals surface area contributed by atoms with Crippen molar-refractivity contribution < 1.29 is 9.18 Å². The van der Waals surface area contributed by atoms with Gasteiger partial charge >= 0.3 is 0 Å². The van der Waals surface area contributed by atoms with Gasteiger partial charge in [0.2, 0.25) is 0 Å². The molecule has 2 saturated carbocycles. The van der Waals surface area contributed by atoms with E-state index in [4.69, 9.17) is 0 Å². The number of carbonyl (C=O) groups is 1. The van der Waals surface area contributed by atoms with Gasteiger partial charge in [-0.25, -0.2) is 4.39 Å². The lowest BCUT2D eigenvalue weighted by molar-refractivity contribution is -0.127. The molecule has 3 atom stereocenters. The van der Waals surface area contributed by atoms with E-state index in [9.17, 15) is 14.6 Å². The van der Waals surface area contributed by atoms with E-state index in [0.717, 1.165) is 44.1 Å². The van der Waals surface area contributed by atoms with Crippen LogP contribution in [0.15, 0.2) is 29.5 Å². The molecule has 2 aromatic rings. The van der Waals surface area contributed by atoms with Gasteiger partial charge in [-0.15, -0.1) is 0 Å². The van der Waals surface area contributed by atoms with Gasteiger partial charge in [-0.05, 0) is 54.9 Å². The van der Waals surface area contributed by atoms with E-state index in [1.807, 2.05) is 6.07 Å². The number of benzene rings is 1. The number of H-pyrrole nitrogens is 1. The van der Waals surface area contributed by atoms with Crippen LogP contribution in [0, 0.1) is 11.7 Å². The first kappa shape index (κ1) is 17.5. The molecule has 5 rings (SSSR count). The number of nitrogens with zero attached hydrogens (tertiary/aromatic N) is 3. The number of hydrogen-bond acceptors (Lipinski definition) is 3. The van der Waals surface area contributed by atoms with Gasteiger partial charge in [0, 0.05) is 30.1 Å². The van der Waals surface area contributed by atoms with Crippen LogP contribution in [0.1, 0.15) is 72.7 Å². The van der Waals surface area contributed by atoms with Crippen molar-refractivity contribution in [3.8, 4) is 0 Å². The van der Waals surface area contributed by atoms with Crippen molar-refractivity contribution >= 4 is 12.0 Å². The van der Waals surface area contributed by atoms with Crippen molar-refractivity contribution in [2.24, 2.45) is 10.9 Å². The number of carbonyl (C=O) groups excluding carboxylic acids is 1. The molecule has 0 spiro atoms. The van der Waals surface area contributed by atoms with Crippen molar-refractivity contribution in [1.82, 2.24) is 9.97 Å². The molecule has 0 radical (unpaired) electrons. The molecular weight excluding hydrogens is 355 g/mol. The van der Waals surface area contributed by atoms with E-state index in [1.165, 1.54) is 18.5 Å². The average molecular weight is 377 g/mol. The summed E-state index contributed by atoms with van der Waals surface area (Å²) in [6, 6.07) is 4.98. The Hall–Kier alpha value is -2.63. The first-order chi connectivity index (χ1) is 13.6. The number of nitrogens with one attached hydrogen (secondary N) is 1. The quantitative estimate of drug-likeness (QED) is 0.830. The summed E-state index contributed by atoms with van der Waals surface area (Å²) in [4.78, 5) is 25.0. The van der Waals surface area contributed by atoms with Crippen LogP contribution in [0.25, 0.3) is 5.41 Å². The Kier molecular flexibility index (Phi) is 4.22. The molecule has 0 saturated heterocycles. The third-order valence-corrected chi connectivity index (χ3v) is 6.63. The molecule has 3 unspecified atom stereocenters. The van der Waals surface area contributed by atoms with Gasteiger partial charge in [-0.1, -0.05) is 24.4 Å². The number of aromatic amines is 1. The highest BCUT2D eigenvalue weighted by Crippen LogP contribution is 2.52. The number of Topliss-reactive ketones (excluding diaryl/α,β-unsaturated/α-hetero) is 1. The number of halogens is 1. The lowest BCUT2D eigenvalue weighted by atomic mass is 9.59. The van der Waals surface area contributed by atoms with E-state index < -0.39 is 5.92 Å². The minimum absolute atomic E-state index is 0.0456. The van der Waals surface area contributed by atoms with Crippen molar-refractivity contribution in [2.75, 3.05) is 0 Å². The maximum absolute atomic E-state index is 14.1. The molecule has 3 aliphatic carbocycles. The van der Waals surface area contributed by atoms with Crippen LogP contribution >= 0.6 is 0 Å². The first-order valence-electron chi connectivity index (χ1n) is 10.1. The summed E-state index contributed by atoms with van der Waals surface area (Å²) in [5, 5.41) is 10.4. The molecule has 1 N–H and O–H groups in total. The molecule has 6 heteroatoms. The van der Waals surface area contributed by atoms with Crippen molar-refractivity contribution in [2.45, 2.75) is 56.4 Å². The van der Waals surface area contributed by atoms with Crippen LogP contribution in [0.4, 0.5) is 4.39 Å². The van der Waals surface area contributed by atoms with E-state index in [1.54, 1.807) is 6.21 Å². The fourth-order valence-electron chi connectivity index (χ4n) is 5.02. The fourth-order valence-corrected chi connectivity index (χ4v) is 5.02. The molecule has 0 aliphatic heterocycles. The van der Waals surface area contributed by atoms with Gasteiger partial charge in [0.15, 0.2) is 0 Å². The van der Waals surface area contributed by atoms with Crippen LogP contribution in [0.2, 0.25) is 0 Å². The molecule has 1 heterocycles. The zero-order valence-corrected chi connectivity index (χ0v) is 15.6. The summed E-state index contributed by atoms with van der Waals surface area (Å²) in [6.45, 7) is 0. The SMILES string of the molecule is [N-]=c1[nH]cnc(C2C(=O)C3CCC3c3ccc(F)cc32)c1C=NC1CCCC1. The Morgan fingerprint density at radius 1 is 1.14 bits per heavy atom. The summed E-state index contributed by atoms with van der Waals surface area (Å²) in [5.74, 6) is -0.822. The van der Waals surface area contributed by atoms with Gasteiger partial charge in [-0.2, -0.15) is 0 Å². The largest absolute Gasteiger partial charge is 0.464 e. The molecule has 0 amide bonds. The van der Waals surface area contributed by atoms with Crippen LogP contribution in [-0.2, 0) is 4.79 Å². The molecule has 1 aromatic heterocycles. The Labute approximate surface area is 162 Å². The van der Waals surface area contributed by atoms with Crippen molar-refractivity contribution in [3.63, 3.8) is 0 Å². The lowest BCUT2D eigenvalue weighted by Gasteiger charge is -2.44. The Bertz CT molecular complexity index is 1020. The first-order valence-corrected chi connectivity index (χ1v) is 10.1. The van der Waals surface area contributed by atoms with Crippen molar-refractivity contribution in [1.29, 1.82) is 0 Å². The summed E-state index contributed by atoms with van der Waals surface area (Å²) >= 11 is 0. The number of ketones is 1. The molecular formula is C22H22FN4O-. The summed E-state index contributed by atoms with van der Waals surface area (Å²) in [7, 11) is 0. The second-order valence-electron chi connectivity index (χ2n) is 8.17. The number of fused-ring (bicyclic) bond motifs is 3. The fraction of sp³-hybridized carbons (Fsp3) is 0.455. The van der Waals surface area contributed by atoms with Crippen LogP contribution in [0.5, 0.6) is 0 Å². The minimum atomic E-state index is -0.669. The maximum Gasteiger partial charge on any atom is 0.150 e. The summed E-state index contributed by atoms with van der Waals surface area (Å²) in [6.07, 6.45) is 9.24. The molecule has 28 heavy (non-hydrogen) atoms. The Balaban J connectivity index is 1.64. The molecule has 2 fully saturated rings. The molecule has 3 aliphatic rings. The van der Waals surface area contributed by atoms with Gasteiger partial charge < -0.3 is 10.4 Å². The van der Waals surface area contributed by atoms with Gasteiger partial charge in [0.1, 0.15) is 11.6 Å². The number of aromatic nitrogens is 2. The Morgan fingerprint density at radius 2 is 1.93 bits per heavy atom. The van der Waals surface area contributed by atoms with Gasteiger partial charge in [-0.3, -0.25) is 14.8 Å². The Morgan fingerprint density at radius 3 is 2.68 bits per heavy atom. The van der Waals surface area contributed by atoms with Gasteiger partial charge in [0.25, 0.3) is 0 Å². The molecule has 0 bridgehead atoms. The third-order valence-electron chi connectivity index (χ3n) is 6.63. The van der Waals surface area contributed by atoms with E-state index >= 15 is 0 Å². The molecule has 1 aromatic carbocycles. The van der Waals surface area contributed by atoms with E-state index in [0.29, 0.717) is 16.8 Å². The highest BCUT2D eigenvalue weighted by molar-refractivity contribution is 5.96. The lowest BCUT2D eigenvalue weighted by Crippen LogP contribution is -2.41. The van der Waals surface area contributed by atoms with E-state index in [-0.39, 0.29) is 35.0 Å². The van der Waals surface area contributed by atoms with Crippen LogP contribution in [0.3, 0.4) is 0 Å². The topological polar surface area (TPSA) is 80.4 Å². The second kappa shape index (κ2) is 6.76. The van der Waals surface area contributed by atoms with Gasteiger partial charge in [0.05, 0.1) is 11.6 Å². The number of rotatable bonds is 3. The minimum Gasteiger partial charge on any atom is -0.464 e. The van der Waals surface area contributed by atoms with Crippen molar-refractivity contribution in [3.05, 3.63) is 63.6 Å². The highest BCUT2D eigenvalue weighted by atomic mass is 19.1. The average Bonchev–Trinajstić information content (AvgIpc) is 3.15. The predicted octanol–water partition coefficient (Wildman–Crippen LogP) is 3.59. The van der Waals surface area contributed by atoms with Crippen LogP contribution in [-0.4, -0.2) is 28.0 Å². The van der Waals surface area contributed by atoms with Crippen LogP contribution < -0.4 is 5.49 Å². The zero-order chi connectivity index (χ0) is 19.3. The predicted molar refractivity (Wildman–Crippen MR) is 104 cm³/mol. The zero-order valence-electron chi connectivity index (χ0n) is 15.6. The third kappa shape index (κ3) is 2.74. The maximum atomic E-state index is 14.1. The monoisotopic (exact) mass is 377 g/mol. The molecule has 144 valence electrons. The normalized spacial score (nSPS) is 26.9. The second-order valence-corrected chi connectivity index (χ2v) is 8.17. The summed E-state index contributed by atoms with van der Waals surface area (Å²) in [5.41, 5.74) is 2.55. The molecule has 5 nitrogen and oxygen atoms in total. The standard InChI is InChI=1S/C22H22FN4O/c23-12-5-6-15-14-7-8-16(14)21(28)19(17(15)9-12)20-18(22(24)27-11-26-20)10-25-13-3-1-2-4-13/h5-6,9-11,13-14,16,19H,1-4,7-8H2,(H-,24,25,26,27)/q-1. The summed E-state index contributed by atoms with van der Waals surface area (Å²) < 4.78 is 14.1. The number of aliphatic imine (C=N–C) groups is 1. The van der Waals surface area contributed by atoms with E-state index in [2.05, 4.69) is 15.0 Å². The highest BCUT2D eigenvalue weighted by Gasteiger charge is 2.47.